The van der Waals surface area contributed by atoms with E-state index < -0.39 is 24.5 Å². The van der Waals surface area contributed by atoms with Gasteiger partial charge < -0.3 is 29.2 Å². The largest absolute Gasteiger partial charge is 0.497 e. The van der Waals surface area contributed by atoms with Crippen molar-refractivity contribution < 1.29 is 33.3 Å². The van der Waals surface area contributed by atoms with Gasteiger partial charge in [-0.05, 0) is 31.0 Å². The molecule has 0 saturated heterocycles. The molecule has 0 fully saturated rings. The third kappa shape index (κ3) is 4.87. The van der Waals surface area contributed by atoms with Gasteiger partial charge in [0.05, 0.1) is 32.6 Å². The Labute approximate surface area is 168 Å². The van der Waals surface area contributed by atoms with Crippen LogP contribution >= 0.6 is 0 Å². The number of carbonyl (C=O) groups excluding carboxylic acids is 3. The van der Waals surface area contributed by atoms with Gasteiger partial charge in [-0.25, -0.2) is 9.59 Å². The summed E-state index contributed by atoms with van der Waals surface area (Å²) in [6, 6.07) is 4.89. The van der Waals surface area contributed by atoms with Crippen molar-refractivity contribution in [2.75, 3.05) is 33.3 Å². The van der Waals surface area contributed by atoms with Crippen molar-refractivity contribution in [2.45, 2.75) is 20.3 Å². The molecule has 0 aliphatic rings. The zero-order chi connectivity index (χ0) is 21.6. The third-order valence-corrected chi connectivity index (χ3v) is 4.29. The number of carbonyl (C=O) groups is 3. The molecule has 29 heavy (non-hydrogen) atoms. The summed E-state index contributed by atoms with van der Waals surface area (Å²) in [6.45, 7) is 2.94. The number of benzene rings is 1. The summed E-state index contributed by atoms with van der Waals surface area (Å²) in [6.07, 6.45) is 0.496. The van der Waals surface area contributed by atoms with Crippen molar-refractivity contribution in [3.8, 4) is 11.5 Å². The van der Waals surface area contributed by atoms with Crippen molar-refractivity contribution in [3.05, 3.63) is 40.7 Å². The molecular formula is C20H24N2O7. The van der Waals surface area contributed by atoms with E-state index in [1.54, 1.807) is 25.1 Å². The van der Waals surface area contributed by atoms with E-state index >= 15 is 0 Å². The monoisotopic (exact) mass is 404 g/mol. The Kier molecular flexibility index (Phi) is 7.24. The minimum Gasteiger partial charge on any atom is -0.497 e. The van der Waals surface area contributed by atoms with Gasteiger partial charge in [0.1, 0.15) is 17.2 Å². The number of aromatic nitrogens is 1. The Morgan fingerprint density at radius 2 is 1.79 bits per heavy atom. The normalized spacial score (nSPS) is 10.2. The topological polar surface area (TPSA) is 116 Å². The molecule has 0 unspecified atom stereocenters. The van der Waals surface area contributed by atoms with Gasteiger partial charge >= 0.3 is 11.9 Å². The quantitative estimate of drug-likeness (QED) is 0.649. The summed E-state index contributed by atoms with van der Waals surface area (Å²) < 4.78 is 20.2. The second-order valence-corrected chi connectivity index (χ2v) is 6.01. The fraction of sp³-hybridized carbons (Fsp3) is 0.350. The number of ether oxygens (including phenoxy) is 4. The molecule has 156 valence electrons. The van der Waals surface area contributed by atoms with Gasteiger partial charge in [-0.15, -0.1) is 0 Å². The molecule has 9 nitrogen and oxygen atoms in total. The van der Waals surface area contributed by atoms with Crippen LogP contribution in [0.25, 0.3) is 0 Å². The van der Waals surface area contributed by atoms with Gasteiger partial charge in [0.15, 0.2) is 6.61 Å². The summed E-state index contributed by atoms with van der Waals surface area (Å²) in [7, 11) is 4.25. The average Bonchev–Trinajstić information content (AvgIpc) is 3.08. The number of amides is 1. The van der Waals surface area contributed by atoms with Crippen molar-refractivity contribution in [1.82, 2.24) is 4.98 Å². The van der Waals surface area contributed by atoms with Gasteiger partial charge in [0.2, 0.25) is 0 Å². The van der Waals surface area contributed by atoms with E-state index in [4.69, 9.17) is 18.9 Å². The highest BCUT2D eigenvalue weighted by molar-refractivity contribution is 6.00. The number of esters is 2. The predicted octanol–water partition coefficient (Wildman–Crippen LogP) is 2.48. The number of hydrogen-bond acceptors (Lipinski definition) is 7. The first kappa shape index (κ1) is 21.8. The molecule has 2 aromatic rings. The van der Waals surface area contributed by atoms with E-state index in [0.717, 1.165) is 0 Å². The van der Waals surface area contributed by atoms with E-state index in [1.807, 2.05) is 6.92 Å². The van der Waals surface area contributed by atoms with Crippen LogP contribution < -0.4 is 14.8 Å². The summed E-state index contributed by atoms with van der Waals surface area (Å²) >= 11 is 0. The lowest BCUT2D eigenvalue weighted by Gasteiger charge is -2.11. The fourth-order valence-electron chi connectivity index (χ4n) is 2.80. The molecule has 2 rings (SSSR count). The highest BCUT2D eigenvalue weighted by Gasteiger charge is 2.25. The molecule has 1 aromatic heterocycles. The number of aromatic amines is 1. The lowest BCUT2D eigenvalue weighted by atomic mass is 10.1. The highest BCUT2D eigenvalue weighted by atomic mass is 16.5. The van der Waals surface area contributed by atoms with Crippen molar-refractivity contribution in [1.29, 1.82) is 0 Å². The summed E-state index contributed by atoms with van der Waals surface area (Å²) in [5.74, 6) is -0.862. The first-order valence-electron chi connectivity index (χ1n) is 8.84. The van der Waals surface area contributed by atoms with Crippen LogP contribution in [0.15, 0.2) is 18.2 Å². The van der Waals surface area contributed by atoms with E-state index in [2.05, 4.69) is 10.3 Å². The zero-order valence-corrected chi connectivity index (χ0v) is 17.0. The van der Waals surface area contributed by atoms with Crippen LogP contribution in [0.5, 0.6) is 11.5 Å². The third-order valence-electron chi connectivity index (χ3n) is 4.29. The number of rotatable bonds is 8. The van der Waals surface area contributed by atoms with Crippen LogP contribution in [-0.2, 0) is 20.7 Å². The van der Waals surface area contributed by atoms with Crippen LogP contribution in [-0.4, -0.2) is 50.8 Å². The SMILES string of the molecule is CCc1[nH]c(C(=O)OCC(=O)Nc2ccc(OC)cc2OC)c(C)c1C(=O)OC. The zero-order valence-electron chi connectivity index (χ0n) is 17.0. The molecule has 0 aliphatic heterocycles. The second-order valence-electron chi connectivity index (χ2n) is 6.01. The average molecular weight is 404 g/mol. The van der Waals surface area contributed by atoms with Crippen LogP contribution in [0.1, 0.15) is 39.0 Å². The Bertz CT molecular complexity index is 918. The van der Waals surface area contributed by atoms with Gasteiger partial charge in [-0.3, -0.25) is 4.79 Å². The number of H-pyrrole nitrogens is 1. The summed E-state index contributed by atoms with van der Waals surface area (Å²) in [4.78, 5) is 39.4. The first-order valence-corrected chi connectivity index (χ1v) is 8.84. The van der Waals surface area contributed by atoms with Crippen LogP contribution in [0.3, 0.4) is 0 Å². The van der Waals surface area contributed by atoms with Gasteiger partial charge in [0, 0.05) is 11.8 Å². The van der Waals surface area contributed by atoms with E-state index in [-0.39, 0.29) is 5.69 Å². The molecule has 0 aliphatic carbocycles. The van der Waals surface area contributed by atoms with Crippen molar-refractivity contribution in [2.24, 2.45) is 0 Å². The maximum atomic E-state index is 12.4. The van der Waals surface area contributed by atoms with Crippen LogP contribution in [0, 0.1) is 6.92 Å². The highest BCUT2D eigenvalue weighted by Crippen LogP contribution is 2.29. The number of methoxy groups -OCH3 is 3. The van der Waals surface area contributed by atoms with Gasteiger partial charge in [-0.1, -0.05) is 6.92 Å². The number of hydrogen-bond donors (Lipinski definition) is 2. The Balaban J connectivity index is 2.07. The molecule has 0 saturated carbocycles. The van der Waals surface area contributed by atoms with Gasteiger partial charge in [0.25, 0.3) is 5.91 Å². The van der Waals surface area contributed by atoms with Crippen LogP contribution in [0.2, 0.25) is 0 Å². The Hall–Kier alpha value is -3.49. The predicted molar refractivity (Wildman–Crippen MR) is 105 cm³/mol. The van der Waals surface area contributed by atoms with E-state index in [1.165, 1.54) is 21.3 Å². The lowest BCUT2D eigenvalue weighted by molar-refractivity contribution is -0.119. The molecule has 0 spiro atoms. The molecule has 0 bridgehead atoms. The van der Waals surface area contributed by atoms with E-state index in [9.17, 15) is 14.4 Å². The maximum absolute atomic E-state index is 12.4. The smallest absolute Gasteiger partial charge is 0.355 e. The van der Waals surface area contributed by atoms with Gasteiger partial charge in [-0.2, -0.15) is 0 Å². The minimum atomic E-state index is -0.746. The minimum absolute atomic E-state index is 0.108. The molecule has 1 amide bonds. The Morgan fingerprint density at radius 1 is 1.07 bits per heavy atom. The molecule has 2 N–H and O–H groups in total. The number of aryl methyl sites for hydroxylation is 1. The number of nitrogens with one attached hydrogen (secondary N) is 2. The Morgan fingerprint density at radius 3 is 2.38 bits per heavy atom. The summed E-state index contributed by atoms with van der Waals surface area (Å²) in [5.41, 5.74) is 1.79. The maximum Gasteiger partial charge on any atom is 0.355 e. The molecule has 1 heterocycles. The van der Waals surface area contributed by atoms with Crippen molar-refractivity contribution >= 4 is 23.5 Å². The van der Waals surface area contributed by atoms with Crippen LogP contribution in [0.4, 0.5) is 5.69 Å². The first-order chi connectivity index (χ1) is 13.9. The number of anilines is 1. The lowest BCUT2D eigenvalue weighted by Crippen LogP contribution is -2.21. The van der Waals surface area contributed by atoms with Crippen molar-refractivity contribution in [3.63, 3.8) is 0 Å². The molecular weight excluding hydrogens is 380 g/mol. The molecule has 0 radical (unpaired) electrons. The summed E-state index contributed by atoms with van der Waals surface area (Å²) in [5, 5.41) is 2.61. The fourth-order valence-corrected chi connectivity index (χ4v) is 2.80. The van der Waals surface area contributed by atoms with E-state index in [0.29, 0.717) is 40.4 Å². The molecule has 9 heteroatoms. The second kappa shape index (κ2) is 9.63. The molecule has 1 aromatic carbocycles. The standard InChI is InChI=1S/C20H24N2O7/c1-6-13-17(19(24)28-5)11(2)18(22-13)20(25)29-10-16(23)21-14-8-7-12(26-3)9-15(14)27-4/h7-9,22H,6,10H2,1-5H3,(H,21,23). The molecule has 0 atom stereocenters.